The van der Waals surface area contributed by atoms with Gasteiger partial charge in [0.25, 0.3) is 5.91 Å². The average Bonchev–Trinajstić information content (AvgIpc) is 3.12. The number of amides is 1. The van der Waals surface area contributed by atoms with Crippen LogP contribution in [0.4, 0.5) is 5.82 Å². The van der Waals surface area contributed by atoms with E-state index in [1.54, 1.807) is 23.2 Å². The molecule has 1 amide bonds. The van der Waals surface area contributed by atoms with Gasteiger partial charge < -0.3 is 16.4 Å². The number of carbonyl (C=O) groups is 1. The predicted molar refractivity (Wildman–Crippen MR) is 98.2 cm³/mol. The van der Waals surface area contributed by atoms with Crippen LogP contribution < -0.4 is 22.1 Å². The molecule has 0 aliphatic carbocycles. The number of nitrogen functional groups attached to an aromatic ring is 1. The van der Waals surface area contributed by atoms with Crippen LogP contribution in [0.3, 0.4) is 0 Å². The molecule has 1 aromatic carbocycles. The Morgan fingerprint density at radius 2 is 1.92 bits per heavy atom. The fraction of sp³-hybridized carbons (Fsp3) is 0.333. The van der Waals surface area contributed by atoms with Crippen LogP contribution >= 0.6 is 12.4 Å². The smallest absolute Gasteiger partial charge is 0.328 e. The van der Waals surface area contributed by atoms with E-state index in [4.69, 9.17) is 5.73 Å². The molecule has 0 atom stereocenters. The highest BCUT2D eigenvalue weighted by molar-refractivity contribution is 5.95. The summed E-state index contributed by atoms with van der Waals surface area (Å²) in [5.74, 6) is -0.464. The third-order valence-corrected chi connectivity index (χ3v) is 3.98. The van der Waals surface area contributed by atoms with Gasteiger partial charge >= 0.3 is 5.69 Å². The Balaban J connectivity index is 0.00000243. The number of halogens is 1. The summed E-state index contributed by atoms with van der Waals surface area (Å²) in [4.78, 5) is 23.7. The Morgan fingerprint density at radius 1 is 1.19 bits per heavy atom. The molecule has 2 aromatic heterocycles. The van der Waals surface area contributed by atoms with Gasteiger partial charge in [0.15, 0.2) is 0 Å². The average molecular weight is 382 g/mol. The van der Waals surface area contributed by atoms with E-state index in [1.807, 2.05) is 18.2 Å². The number of nitrogens with one attached hydrogen (secondary N) is 2. The van der Waals surface area contributed by atoms with Crippen molar-refractivity contribution in [1.82, 2.24) is 30.1 Å². The number of benzene rings is 1. The SMILES string of the molecule is Cl.Cn1c(=O)n(C)c2cc(CNCCNC(=O)c3nonc3N)ccc21. The molecule has 0 radical (unpaired) electrons. The second kappa shape index (κ2) is 8.02. The minimum atomic E-state index is -0.429. The Labute approximate surface area is 154 Å². The highest BCUT2D eigenvalue weighted by Gasteiger charge is 2.14. The Hall–Kier alpha value is -2.85. The zero-order chi connectivity index (χ0) is 18.0. The number of hydrogen-bond donors (Lipinski definition) is 3. The monoisotopic (exact) mass is 381 g/mol. The van der Waals surface area contributed by atoms with Crippen LogP contribution in [0.15, 0.2) is 27.6 Å². The fourth-order valence-corrected chi connectivity index (χ4v) is 2.60. The summed E-state index contributed by atoms with van der Waals surface area (Å²) in [6.07, 6.45) is 0. The van der Waals surface area contributed by atoms with E-state index in [9.17, 15) is 9.59 Å². The molecule has 0 bridgehead atoms. The number of rotatable bonds is 6. The zero-order valence-electron chi connectivity index (χ0n) is 14.4. The molecule has 2 heterocycles. The van der Waals surface area contributed by atoms with Gasteiger partial charge in [0, 0.05) is 33.7 Å². The minimum absolute atomic E-state index is 0. The molecule has 0 unspecified atom stereocenters. The van der Waals surface area contributed by atoms with Crippen molar-refractivity contribution in [2.75, 3.05) is 18.8 Å². The van der Waals surface area contributed by atoms with Crippen molar-refractivity contribution >= 4 is 35.2 Å². The van der Waals surface area contributed by atoms with Crippen molar-refractivity contribution in [3.63, 3.8) is 0 Å². The zero-order valence-corrected chi connectivity index (χ0v) is 15.2. The molecule has 140 valence electrons. The molecule has 4 N–H and O–H groups in total. The van der Waals surface area contributed by atoms with Crippen molar-refractivity contribution in [3.8, 4) is 0 Å². The fourth-order valence-electron chi connectivity index (χ4n) is 2.60. The van der Waals surface area contributed by atoms with E-state index in [0.717, 1.165) is 16.6 Å². The number of imidazole rings is 1. The highest BCUT2D eigenvalue weighted by atomic mass is 35.5. The number of aryl methyl sites for hydroxylation is 2. The van der Waals surface area contributed by atoms with Gasteiger partial charge in [-0.25, -0.2) is 9.42 Å². The van der Waals surface area contributed by atoms with Crippen LogP contribution in [0.1, 0.15) is 16.1 Å². The quantitative estimate of drug-likeness (QED) is 0.503. The lowest BCUT2D eigenvalue weighted by molar-refractivity contribution is 0.0944. The lowest BCUT2D eigenvalue weighted by atomic mass is 10.2. The van der Waals surface area contributed by atoms with Crippen LogP contribution in [-0.2, 0) is 20.6 Å². The van der Waals surface area contributed by atoms with Crippen LogP contribution in [0.2, 0.25) is 0 Å². The first-order chi connectivity index (χ1) is 12.0. The molecule has 0 aliphatic rings. The lowest BCUT2D eigenvalue weighted by Gasteiger charge is -2.07. The summed E-state index contributed by atoms with van der Waals surface area (Å²) >= 11 is 0. The third-order valence-electron chi connectivity index (χ3n) is 3.98. The predicted octanol–water partition coefficient (Wildman–Crippen LogP) is -0.216. The van der Waals surface area contributed by atoms with Gasteiger partial charge in [-0.2, -0.15) is 0 Å². The number of hydrogen-bond acceptors (Lipinski definition) is 7. The van der Waals surface area contributed by atoms with Crippen molar-refractivity contribution in [2.45, 2.75) is 6.54 Å². The molecule has 10 nitrogen and oxygen atoms in total. The molecule has 0 spiro atoms. The molecular formula is C15H20ClN7O3. The first-order valence-electron chi connectivity index (χ1n) is 7.70. The van der Waals surface area contributed by atoms with E-state index in [-0.39, 0.29) is 29.6 Å². The van der Waals surface area contributed by atoms with Crippen molar-refractivity contribution in [3.05, 3.63) is 39.9 Å². The summed E-state index contributed by atoms with van der Waals surface area (Å²) in [5.41, 5.74) is 8.20. The summed E-state index contributed by atoms with van der Waals surface area (Å²) in [6, 6.07) is 5.87. The van der Waals surface area contributed by atoms with Crippen molar-refractivity contribution < 1.29 is 9.42 Å². The standard InChI is InChI=1S/C15H19N7O3.ClH/c1-21-10-4-3-9(7-11(10)22(2)15(21)24)8-17-5-6-18-14(23)12-13(16)20-25-19-12;/h3-4,7,17H,5-6,8H2,1-2H3,(H2,16,20)(H,18,23);1H. The van der Waals surface area contributed by atoms with Gasteiger partial charge in [-0.3, -0.25) is 13.9 Å². The summed E-state index contributed by atoms with van der Waals surface area (Å²) in [5, 5.41) is 12.7. The Morgan fingerprint density at radius 3 is 2.62 bits per heavy atom. The molecular weight excluding hydrogens is 362 g/mol. The second-order valence-corrected chi connectivity index (χ2v) is 5.65. The normalized spacial score (nSPS) is 10.7. The number of anilines is 1. The van der Waals surface area contributed by atoms with E-state index in [0.29, 0.717) is 19.6 Å². The first-order valence-corrected chi connectivity index (χ1v) is 7.70. The summed E-state index contributed by atoms with van der Waals surface area (Å²) in [7, 11) is 3.50. The summed E-state index contributed by atoms with van der Waals surface area (Å²) < 4.78 is 7.62. The topological polar surface area (TPSA) is 133 Å². The number of nitrogens with two attached hydrogens (primary N) is 1. The molecule has 0 fully saturated rings. The molecule has 11 heteroatoms. The largest absolute Gasteiger partial charge is 0.379 e. The van der Waals surface area contributed by atoms with E-state index >= 15 is 0 Å². The van der Waals surface area contributed by atoms with Crippen LogP contribution in [-0.4, -0.2) is 38.4 Å². The third kappa shape index (κ3) is 3.70. The molecule has 0 saturated carbocycles. The maximum atomic E-state index is 11.9. The Bertz CT molecular complexity index is 975. The minimum Gasteiger partial charge on any atom is -0.379 e. The lowest BCUT2D eigenvalue weighted by Crippen LogP contribution is -2.32. The number of aromatic nitrogens is 4. The van der Waals surface area contributed by atoms with Gasteiger partial charge in [-0.15, -0.1) is 12.4 Å². The molecule has 3 aromatic rings. The highest BCUT2D eigenvalue weighted by Crippen LogP contribution is 2.13. The maximum Gasteiger partial charge on any atom is 0.328 e. The molecule has 3 rings (SSSR count). The number of nitrogens with zero attached hydrogens (tertiary/aromatic N) is 4. The van der Waals surface area contributed by atoms with Gasteiger partial charge in [-0.1, -0.05) is 6.07 Å². The molecule has 0 saturated heterocycles. The van der Waals surface area contributed by atoms with Gasteiger partial charge in [0.2, 0.25) is 11.5 Å². The maximum absolute atomic E-state index is 11.9. The number of carbonyl (C=O) groups excluding carboxylic acids is 1. The van der Waals surface area contributed by atoms with E-state index in [1.165, 1.54) is 0 Å². The molecule has 26 heavy (non-hydrogen) atoms. The number of fused-ring (bicyclic) bond motifs is 1. The van der Waals surface area contributed by atoms with Crippen LogP contribution in [0.25, 0.3) is 11.0 Å². The van der Waals surface area contributed by atoms with Crippen molar-refractivity contribution in [2.24, 2.45) is 14.1 Å². The van der Waals surface area contributed by atoms with E-state index in [2.05, 4.69) is 25.6 Å². The Kier molecular flexibility index (Phi) is 6.01. The van der Waals surface area contributed by atoms with Crippen molar-refractivity contribution in [1.29, 1.82) is 0 Å². The van der Waals surface area contributed by atoms with Crippen LogP contribution in [0.5, 0.6) is 0 Å². The van der Waals surface area contributed by atoms with Gasteiger partial charge in [-0.05, 0) is 28.0 Å². The molecule has 0 aliphatic heterocycles. The first kappa shape index (κ1) is 19.5. The van der Waals surface area contributed by atoms with Gasteiger partial charge in [0.1, 0.15) is 0 Å². The van der Waals surface area contributed by atoms with Crippen LogP contribution in [0, 0.1) is 0 Å². The second-order valence-electron chi connectivity index (χ2n) is 5.65. The van der Waals surface area contributed by atoms with Gasteiger partial charge in [0.05, 0.1) is 11.0 Å². The van der Waals surface area contributed by atoms with E-state index < -0.39 is 5.91 Å². The summed E-state index contributed by atoms with van der Waals surface area (Å²) in [6.45, 7) is 1.57.